The quantitative estimate of drug-likeness (QED) is 0.571. The molecule has 1 unspecified atom stereocenters. The minimum Gasteiger partial charge on any atom is -0.391 e. The number of aliphatic hydroxyl groups is 1. The van der Waals surface area contributed by atoms with Crippen LogP contribution in [0.3, 0.4) is 0 Å². The van der Waals surface area contributed by atoms with Crippen LogP contribution in [0.2, 0.25) is 0 Å². The van der Waals surface area contributed by atoms with Crippen LogP contribution in [0.1, 0.15) is 12.0 Å². The van der Waals surface area contributed by atoms with Crippen molar-refractivity contribution in [2.24, 2.45) is 0 Å². The van der Waals surface area contributed by atoms with Crippen molar-refractivity contribution < 1.29 is 14.8 Å². The van der Waals surface area contributed by atoms with Gasteiger partial charge in [0.25, 0.3) is 5.69 Å². The fraction of sp³-hybridized carbons (Fsp3) is 0.500. The third kappa shape index (κ3) is 4.31. The number of hydrogen-bond acceptors (Lipinski definition) is 5. The van der Waals surface area contributed by atoms with Gasteiger partial charge in [0.1, 0.15) is 5.69 Å². The van der Waals surface area contributed by atoms with E-state index in [-0.39, 0.29) is 12.3 Å². The zero-order valence-corrected chi connectivity index (χ0v) is 10.5. The second-order valence-electron chi connectivity index (χ2n) is 4.10. The van der Waals surface area contributed by atoms with Crippen LogP contribution >= 0.6 is 0 Å². The number of nitrogens with one attached hydrogen (secondary N) is 1. The maximum absolute atomic E-state index is 10.8. The fourth-order valence-electron chi connectivity index (χ4n) is 1.60. The van der Waals surface area contributed by atoms with Gasteiger partial charge in [0, 0.05) is 19.7 Å². The summed E-state index contributed by atoms with van der Waals surface area (Å²) >= 11 is 0. The van der Waals surface area contributed by atoms with Gasteiger partial charge in [0.2, 0.25) is 0 Å². The van der Waals surface area contributed by atoms with E-state index >= 15 is 0 Å². The van der Waals surface area contributed by atoms with E-state index in [4.69, 9.17) is 4.74 Å². The van der Waals surface area contributed by atoms with Gasteiger partial charge in [0.15, 0.2) is 0 Å². The van der Waals surface area contributed by atoms with E-state index in [1.54, 1.807) is 12.1 Å². The van der Waals surface area contributed by atoms with E-state index in [0.717, 1.165) is 5.56 Å². The highest BCUT2D eigenvalue weighted by Gasteiger charge is 2.13. The average molecular weight is 254 g/mol. The molecule has 6 heteroatoms. The molecule has 2 N–H and O–H groups in total. The molecule has 1 atom stereocenters. The lowest BCUT2D eigenvalue weighted by Gasteiger charge is -2.11. The van der Waals surface area contributed by atoms with Gasteiger partial charge in [-0.3, -0.25) is 10.1 Å². The summed E-state index contributed by atoms with van der Waals surface area (Å²) in [5, 5.41) is 23.3. The number of anilines is 1. The van der Waals surface area contributed by atoms with Crippen LogP contribution in [-0.4, -0.2) is 36.4 Å². The summed E-state index contributed by atoms with van der Waals surface area (Å²) in [5.74, 6) is 0. The van der Waals surface area contributed by atoms with Gasteiger partial charge in [-0.15, -0.1) is 0 Å². The molecule has 0 aliphatic heterocycles. The molecular formula is C12H18N2O4. The second-order valence-corrected chi connectivity index (χ2v) is 4.10. The zero-order valence-electron chi connectivity index (χ0n) is 10.5. The number of nitro groups is 1. The molecule has 1 rings (SSSR count). The topological polar surface area (TPSA) is 84.6 Å². The molecule has 6 nitrogen and oxygen atoms in total. The van der Waals surface area contributed by atoms with Gasteiger partial charge < -0.3 is 15.2 Å². The number of aliphatic hydroxyl groups excluding tert-OH is 1. The van der Waals surface area contributed by atoms with E-state index in [2.05, 4.69) is 5.32 Å². The van der Waals surface area contributed by atoms with Gasteiger partial charge in [0.05, 0.1) is 17.6 Å². The van der Waals surface area contributed by atoms with E-state index in [1.807, 2.05) is 6.92 Å². The molecule has 0 amide bonds. The molecule has 0 aliphatic rings. The molecule has 0 aromatic heterocycles. The largest absolute Gasteiger partial charge is 0.391 e. The van der Waals surface area contributed by atoms with E-state index in [9.17, 15) is 15.2 Å². The Kier molecular flexibility index (Phi) is 5.54. The molecule has 0 saturated carbocycles. The molecule has 0 bridgehead atoms. The highest BCUT2D eigenvalue weighted by Crippen LogP contribution is 2.25. The molecule has 0 fully saturated rings. The van der Waals surface area contributed by atoms with E-state index < -0.39 is 11.0 Å². The average Bonchev–Trinajstić information content (AvgIpc) is 2.29. The Hall–Kier alpha value is -1.66. The SMILES string of the molecule is COCC(O)CCNc1cc(C)ccc1[N+](=O)[O-]. The van der Waals surface area contributed by atoms with Crippen LogP contribution in [0, 0.1) is 17.0 Å². The van der Waals surface area contributed by atoms with Gasteiger partial charge in [-0.05, 0) is 25.0 Å². The number of ether oxygens (including phenoxy) is 1. The third-order valence-electron chi connectivity index (χ3n) is 2.50. The molecule has 0 saturated heterocycles. The van der Waals surface area contributed by atoms with Gasteiger partial charge in [-0.2, -0.15) is 0 Å². The zero-order chi connectivity index (χ0) is 13.5. The summed E-state index contributed by atoms with van der Waals surface area (Å²) in [6.07, 6.45) is -0.0924. The molecule has 18 heavy (non-hydrogen) atoms. The summed E-state index contributed by atoms with van der Waals surface area (Å²) in [4.78, 5) is 10.4. The summed E-state index contributed by atoms with van der Waals surface area (Å²) in [6, 6.07) is 4.90. The van der Waals surface area contributed by atoms with Crippen molar-refractivity contribution in [3.63, 3.8) is 0 Å². The first kappa shape index (κ1) is 14.4. The van der Waals surface area contributed by atoms with Crippen LogP contribution in [0.5, 0.6) is 0 Å². The first-order valence-corrected chi connectivity index (χ1v) is 5.70. The van der Waals surface area contributed by atoms with E-state index in [1.165, 1.54) is 13.2 Å². The van der Waals surface area contributed by atoms with Crippen molar-refractivity contribution >= 4 is 11.4 Å². The predicted octanol–water partition coefficient (Wildman–Crippen LogP) is 1.71. The highest BCUT2D eigenvalue weighted by atomic mass is 16.6. The summed E-state index contributed by atoms with van der Waals surface area (Å²) in [6.45, 7) is 2.58. The number of benzene rings is 1. The Morgan fingerprint density at radius 3 is 2.89 bits per heavy atom. The molecule has 0 spiro atoms. The molecule has 1 aromatic rings. The lowest BCUT2D eigenvalue weighted by Crippen LogP contribution is -2.18. The molecular weight excluding hydrogens is 236 g/mol. The Labute approximate surface area is 106 Å². The summed E-state index contributed by atoms with van der Waals surface area (Å²) < 4.78 is 4.80. The number of rotatable bonds is 7. The number of methoxy groups -OCH3 is 1. The third-order valence-corrected chi connectivity index (χ3v) is 2.50. The molecule has 0 aliphatic carbocycles. The summed E-state index contributed by atoms with van der Waals surface area (Å²) in [5.41, 5.74) is 1.46. The van der Waals surface area contributed by atoms with Crippen molar-refractivity contribution in [1.82, 2.24) is 0 Å². The van der Waals surface area contributed by atoms with Crippen LogP contribution in [0.15, 0.2) is 18.2 Å². The normalized spacial score (nSPS) is 12.2. The van der Waals surface area contributed by atoms with Crippen molar-refractivity contribution in [1.29, 1.82) is 0 Å². The lowest BCUT2D eigenvalue weighted by molar-refractivity contribution is -0.384. The number of hydrogen-bond donors (Lipinski definition) is 2. The van der Waals surface area contributed by atoms with Crippen molar-refractivity contribution in [3.8, 4) is 0 Å². The first-order valence-electron chi connectivity index (χ1n) is 5.70. The smallest absolute Gasteiger partial charge is 0.292 e. The monoisotopic (exact) mass is 254 g/mol. The van der Waals surface area contributed by atoms with Crippen LogP contribution < -0.4 is 5.32 Å². The van der Waals surface area contributed by atoms with Crippen molar-refractivity contribution in [3.05, 3.63) is 33.9 Å². The Balaban J connectivity index is 2.60. The van der Waals surface area contributed by atoms with Crippen LogP contribution in [-0.2, 0) is 4.74 Å². The number of nitrogens with zero attached hydrogens (tertiary/aromatic N) is 1. The second kappa shape index (κ2) is 6.93. The lowest BCUT2D eigenvalue weighted by atomic mass is 10.2. The Morgan fingerprint density at radius 2 is 2.28 bits per heavy atom. The Morgan fingerprint density at radius 1 is 1.56 bits per heavy atom. The number of nitro benzene ring substituents is 1. The van der Waals surface area contributed by atoms with Crippen LogP contribution in [0.25, 0.3) is 0 Å². The van der Waals surface area contributed by atoms with Gasteiger partial charge in [-0.25, -0.2) is 0 Å². The maximum atomic E-state index is 10.8. The first-order chi connectivity index (χ1) is 8.54. The standard InChI is InChI=1S/C12H18N2O4/c1-9-3-4-12(14(16)17)11(7-9)13-6-5-10(15)8-18-2/h3-4,7,10,13,15H,5-6,8H2,1-2H3. The van der Waals surface area contributed by atoms with Crippen LogP contribution in [0.4, 0.5) is 11.4 Å². The molecule has 0 heterocycles. The van der Waals surface area contributed by atoms with Crippen molar-refractivity contribution in [2.45, 2.75) is 19.4 Å². The molecule has 100 valence electrons. The summed E-state index contributed by atoms with van der Waals surface area (Å²) in [7, 11) is 1.52. The highest BCUT2D eigenvalue weighted by molar-refractivity contribution is 5.62. The minimum absolute atomic E-state index is 0.0434. The van der Waals surface area contributed by atoms with Gasteiger partial charge >= 0.3 is 0 Å². The molecule has 0 radical (unpaired) electrons. The van der Waals surface area contributed by atoms with E-state index in [0.29, 0.717) is 18.7 Å². The predicted molar refractivity (Wildman–Crippen MR) is 68.8 cm³/mol. The number of aryl methyl sites for hydroxylation is 1. The van der Waals surface area contributed by atoms with Gasteiger partial charge in [-0.1, -0.05) is 6.07 Å². The minimum atomic E-state index is -0.564. The Bertz CT molecular complexity index is 409. The molecule has 1 aromatic carbocycles. The fourth-order valence-corrected chi connectivity index (χ4v) is 1.60. The maximum Gasteiger partial charge on any atom is 0.292 e. The van der Waals surface area contributed by atoms with Crippen molar-refractivity contribution in [2.75, 3.05) is 25.6 Å².